The lowest BCUT2D eigenvalue weighted by molar-refractivity contribution is -0.127. The standard InChI is InChI=1S/C7H15NO.H4N2/c1-4-7(3,5-2)6(8)9;1-2/h4-5H2,1-3H3,(H2,8,9);1-2H2. The molecule has 0 aromatic rings. The van der Waals surface area contributed by atoms with Crippen LogP contribution in [-0.2, 0) is 4.79 Å². The van der Waals surface area contributed by atoms with E-state index >= 15 is 0 Å². The molecule has 4 heteroatoms. The number of primary amides is 1. The quantitative estimate of drug-likeness (QED) is 0.405. The van der Waals surface area contributed by atoms with Crippen LogP contribution in [-0.4, -0.2) is 5.91 Å². The van der Waals surface area contributed by atoms with E-state index < -0.39 is 0 Å². The number of carbonyl (C=O) groups excluding carboxylic acids is 1. The van der Waals surface area contributed by atoms with E-state index in [0.717, 1.165) is 12.8 Å². The first kappa shape index (κ1) is 13.0. The van der Waals surface area contributed by atoms with Crippen LogP contribution >= 0.6 is 0 Å². The van der Waals surface area contributed by atoms with Crippen LogP contribution in [0.25, 0.3) is 0 Å². The maximum Gasteiger partial charge on any atom is 0.223 e. The van der Waals surface area contributed by atoms with Crippen LogP contribution in [0.2, 0.25) is 0 Å². The van der Waals surface area contributed by atoms with Crippen LogP contribution in [0.4, 0.5) is 0 Å². The molecule has 0 unspecified atom stereocenters. The molecule has 0 aromatic carbocycles. The lowest BCUT2D eigenvalue weighted by Crippen LogP contribution is -2.32. The highest BCUT2D eigenvalue weighted by atomic mass is 16.1. The van der Waals surface area contributed by atoms with Crippen molar-refractivity contribution in [2.24, 2.45) is 22.8 Å². The van der Waals surface area contributed by atoms with Gasteiger partial charge in [-0.2, -0.15) is 0 Å². The number of hydrogen-bond acceptors (Lipinski definition) is 3. The van der Waals surface area contributed by atoms with Crippen LogP contribution in [0.15, 0.2) is 0 Å². The highest BCUT2D eigenvalue weighted by Crippen LogP contribution is 2.23. The zero-order valence-electron chi connectivity index (χ0n) is 7.55. The second-order valence-electron chi connectivity index (χ2n) is 2.63. The summed E-state index contributed by atoms with van der Waals surface area (Å²) >= 11 is 0. The van der Waals surface area contributed by atoms with Gasteiger partial charge in [0.05, 0.1) is 0 Å². The molecule has 0 heterocycles. The van der Waals surface area contributed by atoms with Gasteiger partial charge < -0.3 is 5.73 Å². The molecular weight excluding hydrogens is 142 g/mol. The molecule has 68 valence electrons. The van der Waals surface area contributed by atoms with E-state index in [4.69, 9.17) is 5.73 Å². The predicted molar refractivity (Wildman–Crippen MR) is 46.3 cm³/mol. The van der Waals surface area contributed by atoms with Gasteiger partial charge in [-0.3, -0.25) is 16.5 Å². The predicted octanol–water partition coefficient (Wildman–Crippen LogP) is 0.117. The summed E-state index contributed by atoms with van der Waals surface area (Å²) in [5, 5.41) is 0. The first-order valence-electron chi connectivity index (χ1n) is 3.70. The molecule has 0 aliphatic heterocycles. The maximum atomic E-state index is 10.7. The second kappa shape index (κ2) is 6.12. The average Bonchev–Trinajstić information content (AvgIpc) is 2.06. The SMILES string of the molecule is CCC(C)(CC)C(N)=O.NN. The smallest absolute Gasteiger partial charge is 0.223 e. The molecule has 0 saturated carbocycles. The van der Waals surface area contributed by atoms with E-state index in [0.29, 0.717) is 0 Å². The van der Waals surface area contributed by atoms with Gasteiger partial charge in [-0.15, -0.1) is 0 Å². The van der Waals surface area contributed by atoms with Crippen LogP contribution in [0.1, 0.15) is 33.6 Å². The molecule has 0 aliphatic carbocycles. The molecule has 0 spiro atoms. The van der Waals surface area contributed by atoms with Crippen LogP contribution in [0.3, 0.4) is 0 Å². The van der Waals surface area contributed by atoms with Crippen molar-refractivity contribution in [3.05, 3.63) is 0 Å². The summed E-state index contributed by atoms with van der Waals surface area (Å²) in [5.74, 6) is 7.81. The second-order valence-corrected chi connectivity index (χ2v) is 2.63. The molecule has 1 amide bonds. The van der Waals surface area contributed by atoms with E-state index in [9.17, 15) is 4.79 Å². The minimum atomic E-state index is -0.278. The summed E-state index contributed by atoms with van der Waals surface area (Å²) in [5.41, 5.74) is 4.88. The third kappa shape index (κ3) is 3.95. The summed E-state index contributed by atoms with van der Waals surface area (Å²) in [6, 6.07) is 0. The normalized spacial score (nSPS) is 9.91. The van der Waals surface area contributed by atoms with Crippen molar-refractivity contribution in [2.45, 2.75) is 33.6 Å². The highest BCUT2D eigenvalue weighted by Gasteiger charge is 2.25. The number of hydrogen-bond donors (Lipinski definition) is 3. The largest absolute Gasteiger partial charge is 0.369 e. The summed E-state index contributed by atoms with van der Waals surface area (Å²) in [6.45, 7) is 5.86. The number of carbonyl (C=O) groups is 1. The number of rotatable bonds is 3. The fraction of sp³-hybridized carbons (Fsp3) is 0.857. The zero-order chi connectivity index (χ0) is 9.49. The van der Waals surface area contributed by atoms with Gasteiger partial charge in [0.2, 0.25) is 5.91 Å². The van der Waals surface area contributed by atoms with Crippen molar-refractivity contribution >= 4 is 5.91 Å². The Labute approximate surface area is 68.1 Å². The Hall–Kier alpha value is -0.610. The summed E-state index contributed by atoms with van der Waals surface area (Å²) < 4.78 is 0. The van der Waals surface area contributed by atoms with Crippen molar-refractivity contribution in [1.29, 1.82) is 0 Å². The Morgan fingerprint density at radius 1 is 1.27 bits per heavy atom. The Morgan fingerprint density at radius 2 is 1.55 bits per heavy atom. The molecule has 0 aromatic heterocycles. The molecule has 0 rings (SSSR count). The monoisotopic (exact) mass is 161 g/mol. The molecule has 11 heavy (non-hydrogen) atoms. The topological polar surface area (TPSA) is 95.1 Å². The lowest BCUT2D eigenvalue weighted by Gasteiger charge is -2.21. The van der Waals surface area contributed by atoms with Gasteiger partial charge >= 0.3 is 0 Å². The molecule has 0 radical (unpaired) electrons. The first-order chi connectivity index (χ1) is 5.06. The number of nitrogens with two attached hydrogens (primary N) is 3. The van der Waals surface area contributed by atoms with Gasteiger partial charge in [0, 0.05) is 5.41 Å². The van der Waals surface area contributed by atoms with E-state index in [2.05, 4.69) is 11.7 Å². The fourth-order valence-corrected chi connectivity index (χ4v) is 0.598. The van der Waals surface area contributed by atoms with Crippen LogP contribution in [0.5, 0.6) is 0 Å². The minimum absolute atomic E-state index is 0.187. The summed E-state index contributed by atoms with van der Waals surface area (Å²) in [6.07, 6.45) is 1.66. The van der Waals surface area contributed by atoms with Gasteiger partial charge in [-0.05, 0) is 12.8 Å². The van der Waals surface area contributed by atoms with Crippen LogP contribution in [0, 0.1) is 5.41 Å². The Bertz CT molecular complexity index is 110. The first-order valence-corrected chi connectivity index (χ1v) is 3.70. The number of hydrazine groups is 1. The lowest BCUT2D eigenvalue weighted by atomic mass is 9.84. The molecule has 0 bridgehead atoms. The zero-order valence-corrected chi connectivity index (χ0v) is 7.55. The third-order valence-electron chi connectivity index (χ3n) is 2.16. The van der Waals surface area contributed by atoms with E-state index in [-0.39, 0.29) is 11.3 Å². The maximum absolute atomic E-state index is 10.7. The Balaban J connectivity index is 0. The third-order valence-corrected chi connectivity index (χ3v) is 2.16. The van der Waals surface area contributed by atoms with Crippen LogP contribution < -0.4 is 17.4 Å². The minimum Gasteiger partial charge on any atom is -0.369 e. The molecule has 0 saturated heterocycles. The Kier molecular flexibility index (Phi) is 7.24. The molecule has 0 aliphatic rings. The molecule has 0 fully saturated rings. The van der Waals surface area contributed by atoms with Gasteiger partial charge in [0.1, 0.15) is 0 Å². The van der Waals surface area contributed by atoms with Crippen molar-refractivity contribution in [3.8, 4) is 0 Å². The van der Waals surface area contributed by atoms with Crippen molar-refractivity contribution in [1.82, 2.24) is 0 Å². The summed E-state index contributed by atoms with van der Waals surface area (Å²) in [4.78, 5) is 10.7. The van der Waals surface area contributed by atoms with E-state index in [1.54, 1.807) is 0 Å². The molecule has 4 nitrogen and oxygen atoms in total. The van der Waals surface area contributed by atoms with Gasteiger partial charge in [0.25, 0.3) is 0 Å². The summed E-state index contributed by atoms with van der Waals surface area (Å²) in [7, 11) is 0. The van der Waals surface area contributed by atoms with Gasteiger partial charge in [0.15, 0.2) is 0 Å². The average molecular weight is 161 g/mol. The molecule has 0 atom stereocenters. The Morgan fingerprint density at radius 3 is 1.55 bits per heavy atom. The van der Waals surface area contributed by atoms with Crippen molar-refractivity contribution in [2.75, 3.05) is 0 Å². The van der Waals surface area contributed by atoms with Gasteiger partial charge in [-0.1, -0.05) is 20.8 Å². The highest BCUT2D eigenvalue weighted by molar-refractivity contribution is 5.80. The van der Waals surface area contributed by atoms with Gasteiger partial charge in [-0.25, -0.2) is 0 Å². The van der Waals surface area contributed by atoms with E-state index in [1.165, 1.54) is 0 Å². The molecular formula is C7H19N3O. The molecule has 6 N–H and O–H groups in total. The van der Waals surface area contributed by atoms with Crippen molar-refractivity contribution < 1.29 is 4.79 Å². The fourth-order valence-electron chi connectivity index (χ4n) is 0.598. The number of amides is 1. The van der Waals surface area contributed by atoms with Crippen molar-refractivity contribution in [3.63, 3.8) is 0 Å². The van der Waals surface area contributed by atoms with E-state index in [1.807, 2.05) is 20.8 Å².